The summed E-state index contributed by atoms with van der Waals surface area (Å²) in [4.78, 5) is 0. The first-order valence-corrected chi connectivity index (χ1v) is 6.55. The molecule has 1 rings (SSSR count). The van der Waals surface area contributed by atoms with Gasteiger partial charge in [0.1, 0.15) is 5.82 Å². The molecule has 0 heterocycles. The Hall–Kier alpha value is -0.930. The fourth-order valence-corrected chi connectivity index (χ4v) is 1.98. The Morgan fingerprint density at radius 3 is 2.33 bits per heavy atom. The average Bonchev–Trinajstić information content (AvgIpc) is 2.29. The minimum atomic E-state index is -0.555. The van der Waals surface area contributed by atoms with Crippen LogP contribution in [0.5, 0.6) is 0 Å². The van der Waals surface area contributed by atoms with E-state index in [1.807, 2.05) is 0 Å². The maximum Gasteiger partial charge on any atom is 0.123 e. The van der Waals surface area contributed by atoms with Crippen molar-refractivity contribution in [3.8, 4) is 0 Å². The number of aliphatic hydroxyl groups is 1. The van der Waals surface area contributed by atoms with Crippen molar-refractivity contribution < 1.29 is 9.50 Å². The van der Waals surface area contributed by atoms with Crippen LogP contribution in [0.4, 0.5) is 4.39 Å². The van der Waals surface area contributed by atoms with Gasteiger partial charge in [-0.3, -0.25) is 0 Å². The molecule has 0 aliphatic carbocycles. The van der Waals surface area contributed by atoms with Gasteiger partial charge in [-0.05, 0) is 51.3 Å². The van der Waals surface area contributed by atoms with Crippen molar-refractivity contribution >= 4 is 0 Å². The van der Waals surface area contributed by atoms with E-state index >= 15 is 0 Å². The predicted molar refractivity (Wildman–Crippen MR) is 72.9 cm³/mol. The van der Waals surface area contributed by atoms with Crippen LogP contribution in [0.15, 0.2) is 24.3 Å². The maximum absolute atomic E-state index is 12.8. The second kappa shape index (κ2) is 6.30. The first-order chi connectivity index (χ1) is 8.34. The summed E-state index contributed by atoms with van der Waals surface area (Å²) in [5.74, 6) is -0.274. The highest BCUT2D eigenvalue weighted by molar-refractivity contribution is 5.18. The molecule has 0 aliphatic rings. The largest absolute Gasteiger partial charge is 0.388 e. The number of rotatable bonds is 6. The molecule has 0 spiro atoms. The number of hydrogen-bond donors (Lipinski definition) is 2. The SMILES string of the molecule is CCC(C)(C)NC(C)CC(O)c1ccc(F)cc1. The first kappa shape index (κ1) is 15.1. The predicted octanol–water partition coefficient (Wildman–Crippen LogP) is 3.42. The van der Waals surface area contributed by atoms with Crippen LogP contribution in [0.1, 0.15) is 52.2 Å². The Labute approximate surface area is 109 Å². The summed E-state index contributed by atoms with van der Waals surface area (Å²) in [7, 11) is 0. The monoisotopic (exact) mass is 253 g/mol. The van der Waals surface area contributed by atoms with Gasteiger partial charge < -0.3 is 10.4 Å². The molecule has 2 atom stereocenters. The van der Waals surface area contributed by atoms with Gasteiger partial charge in [-0.15, -0.1) is 0 Å². The highest BCUT2D eigenvalue weighted by Crippen LogP contribution is 2.20. The highest BCUT2D eigenvalue weighted by atomic mass is 19.1. The van der Waals surface area contributed by atoms with Crippen LogP contribution in [0.25, 0.3) is 0 Å². The Morgan fingerprint density at radius 1 is 1.28 bits per heavy atom. The van der Waals surface area contributed by atoms with Crippen LogP contribution in [0.2, 0.25) is 0 Å². The average molecular weight is 253 g/mol. The minimum Gasteiger partial charge on any atom is -0.388 e. The molecule has 2 N–H and O–H groups in total. The Bertz CT molecular complexity index is 361. The molecular formula is C15H24FNO. The van der Waals surface area contributed by atoms with Crippen molar-refractivity contribution in [3.63, 3.8) is 0 Å². The number of hydrogen-bond acceptors (Lipinski definition) is 2. The fourth-order valence-electron chi connectivity index (χ4n) is 1.98. The lowest BCUT2D eigenvalue weighted by Gasteiger charge is -2.30. The van der Waals surface area contributed by atoms with Gasteiger partial charge in [0.2, 0.25) is 0 Å². The van der Waals surface area contributed by atoms with Crippen molar-refractivity contribution in [1.82, 2.24) is 5.32 Å². The molecule has 0 amide bonds. The molecule has 18 heavy (non-hydrogen) atoms. The van der Waals surface area contributed by atoms with Crippen LogP contribution in [0, 0.1) is 5.82 Å². The summed E-state index contributed by atoms with van der Waals surface area (Å²) in [6, 6.07) is 6.24. The van der Waals surface area contributed by atoms with E-state index in [-0.39, 0.29) is 17.4 Å². The Kier molecular flexibility index (Phi) is 5.29. The van der Waals surface area contributed by atoms with Gasteiger partial charge in [0.25, 0.3) is 0 Å². The molecule has 0 saturated carbocycles. The second-order valence-corrected chi connectivity index (χ2v) is 5.59. The van der Waals surface area contributed by atoms with Crippen molar-refractivity contribution in [2.24, 2.45) is 0 Å². The summed E-state index contributed by atoms with van der Waals surface area (Å²) in [6.07, 6.45) is 1.10. The van der Waals surface area contributed by atoms with E-state index in [4.69, 9.17) is 0 Å². The molecular weight excluding hydrogens is 229 g/mol. The smallest absolute Gasteiger partial charge is 0.123 e. The third-order valence-electron chi connectivity index (χ3n) is 3.35. The molecule has 3 heteroatoms. The first-order valence-electron chi connectivity index (χ1n) is 6.55. The van der Waals surface area contributed by atoms with E-state index in [2.05, 4.69) is 33.0 Å². The van der Waals surface area contributed by atoms with Crippen molar-refractivity contribution in [3.05, 3.63) is 35.6 Å². The fraction of sp³-hybridized carbons (Fsp3) is 0.600. The van der Waals surface area contributed by atoms with E-state index in [9.17, 15) is 9.50 Å². The summed E-state index contributed by atoms with van der Waals surface area (Å²) in [6.45, 7) is 8.49. The van der Waals surface area contributed by atoms with Crippen LogP contribution >= 0.6 is 0 Å². The molecule has 0 fully saturated rings. The lowest BCUT2D eigenvalue weighted by molar-refractivity contribution is 0.146. The lowest BCUT2D eigenvalue weighted by atomic mass is 9.97. The zero-order chi connectivity index (χ0) is 13.8. The van der Waals surface area contributed by atoms with E-state index in [0.29, 0.717) is 6.42 Å². The van der Waals surface area contributed by atoms with Crippen LogP contribution in [0.3, 0.4) is 0 Å². The van der Waals surface area contributed by atoms with Crippen molar-refractivity contribution in [1.29, 1.82) is 0 Å². The molecule has 2 nitrogen and oxygen atoms in total. The minimum absolute atomic E-state index is 0.0714. The molecule has 0 aliphatic heterocycles. The van der Waals surface area contributed by atoms with E-state index in [1.54, 1.807) is 12.1 Å². The molecule has 1 aromatic rings. The highest BCUT2D eigenvalue weighted by Gasteiger charge is 2.20. The van der Waals surface area contributed by atoms with Gasteiger partial charge in [0.05, 0.1) is 6.10 Å². The summed E-state index contributed by atoms with van der Waals surface area (Å²) < 4.78 is 12.8. The standard InChI is InChI=1S/C15H24FNO/c1-5-15(3,4)17-11(2)10-14(18)12-6-8-13(16)9-7-12/h6-9,11,14,17-18H,5,10H2,1-4H3. The number of aliphatic hydroxyl groups excluding tert-OH is 1. The lowest BCUT2D eigenvalue weighted by Crippen LogP contribution is -2.44. The van der Waals surface area contributed by atoms with Gasteiger partial charge >= 0.3 is 0 Å². The van der Waals surface area contributed by atoms with Gasteiger partial charge in [-0.1, -0.05) is 19.1 Å². The van der Waals surface area contributed by atoms with Crippen LogP contribution in [-0.2, 0) is 0 Å². The third kappa shape index (κ3) is 4.75. The zero-order valence-corrected chi connectivity index (χ0v) is 11.7. The molecule has 0 radical (unpaired) electrons. The van der Waals surface area contributed by atoms with Gasteiger partial charge in [0, 0.05) is 11.6 Å². The number of nitrogens with one attached hydrogen (secondary N) is 1. The molecule has 1 aromatic carbocycles. The molecule has 0 saturated heterocycles. The second-order valence-electron chi connectivity index (χ2n) is 5.59. The van der Waals surface area contributed by atoms with Crippen LogP contribution in [-0.4, -0.2) is 16.7 Å². The molecule has 2 unspecified atom stereocenters. The van der Waals surface area contributed by atoms with Gasteiger partial charge in [0.15, 0.2) is 0 Å². The normalized spacial score (nSPS) is 15.4. The Balaban J connectivity index is 2.54. The zero-order valence-electron chi connectivity index (χ0n) is 11.7. The number of benzene rings is 1. The summed E-state index contributed by atoms with van der Waals surface area (Å²) in [5.41, 5.74) is 0.835. The third-order valence-corrected chi connectivity index (χ3v) is 3.35. The molecule has 0 aromatic heterocycles. The quantitative estimate of drug-likeness (QED) is 0.814. The van der Waals surface area contributed by atoms with Crippen LogP contribution < -0.4 is 5.32 Å². The van der Waals surface area contributed by atoms with E-state index in [0.717, 1.165) is 12.0 Å². The maximum atomic E-state index is 12.8. The summed E-state index contributed by atoms with van der Waals surface area (Å²) >= 11 is 0. The van der Waals surface area contributed by atoms with Crippen molar-refractivity contribution in [2.45, 2.75) is 58.2 Å². The topological polar surface area (TPSA) is 32.3 Å². The van der Waals surface area contributed by atoms with E-state index < -0.39 is 6.10 Å². The van der Waals surface area contributed by atoms with Gasteiger partial charge in [-0.2, -0.15) is 0 Å². The van der Waals surface area contributed by atoms with E-state index in [1.165, 1.54) is 12.1 Å². The van der Waals surface area contributed by atoms with Crippen molar-refractivity contribution in [2.75, 3.05) is 0 Å². The molecule has 0 bridgehead atoms. The number of halogens is 1. The van der Waals surface area contributed by atoms with Gasteiger partial charge in [-0.25, -0.2) is 4.39 Å². The summed E-state index contributed by atoms with van der Waals surface area (Å²) in [5, 5.41) is 13.6. The Morgan fingerprint density at radius 2 is 1.83 bits per heavy atom. The molecule has 102 valence electrons.